The van der Waals surface area contributed by atoms with Crippen LogP contribution in [0.5, 0.6) is 0 Å². The summed E-state index contributed by atoms with van der Waals surface area (Å²) in [6.07, 6.45) is 3.84. The molecule has 26 heavy (non-hydrogen) atoms. The van der Waals surface area contributed by atoms with Gasteiger partial charge in [0.2, 0.25) is 0 Å². The lowest BCUT2D eigenvalue weighted by Crippen LogP contribution is -2.43. The van der Waals surface area contributed by atoms with E-state index in [2.05, 4.69) is 9.97 Å². The number of ether oxygens (including phenoxy) is 1. The first-order valence-electron chi connectivity index (χ1n) is 9.37. The van der Waals surface area contributed by atoms with E-state index in [0.29, 0.717) is 25.5 Å². The molecule has 0 saturated carbocycles. The number of carbonyl (C=O) groups excluding carboxylic acids is 1. The van der Waals surface area contributed by atoms with E-state index >= 15 is 0 Å². The van der Waals surface area contributed by atoms with E-state index in [-0.39, 0.29) is 12.0 Å². The summed E-state index contributed by atoms with van der Waals surface area (Å²) < 4.78 is 11.8. The maximum absolute atomic E-state index is 13.2. The Morgan fingerprint density at radius 1 is 1.15 bits per heavy atom. The highest BCUT2D eigenvalue weighted by Crippen LogP contribution is 2.31. The molecule has 138 valence electrons. The molecule has 0 unspecified atom stereocenters. The summed E-state index contributed by atoms with van der Waals surface area (Å²) in [4.78, 5) is 24.1. The molecule has 0 aromatic carbocycles. The Kier molecular flexibility index (Phi) is 4.53. The van der Waals surface area contributed by atoms with Crippen molar-refractivity contribution < 1.29 is 13.9 Å². The Morgan fingerprint density at radius 2 is 1.88 bits per heavy atom. The first kappa shape index (κ1) is 17.2. The quantitative estimate of drug-likeness (QED) is 0.828. The van der Waals surface area contributed by atoms with Gasteiger partial charge in [0, 0.05) is 29.9 Å². The lowest BCUT2D eigenvalue weighted by atomic mass is 9.94. The molecule has 2 aliphatic rings. The van der Waals surface area contributed by atoms with Crippen LogP contribution < -0.4 is 0 Å². The molecule has 1 aliphatic carbocycles. The normalized spacial score (nSPS) is 20.1. The second-order valence-corrected chi connectivity index (χ2v) is 7.26. The van der Waals surface area contributed by atoms with Gasteiger partial charge in [-0.1, -0.05) is 0 Å². The number of fused-ring (bicyclic) bond motifs is 1. The molecular weight excluding hydrogens is 330 g/mol. The van der Waals surface area contributed by atoms with Crippen LogP contribution in [0.25, 0.3) is 0 Å². The monoisotopic (exact) mass is 355 g/mol. The van der Waals surface area contributed by atoms with Crippen molar-refractivity contribution in [3.63, 3.8) is 0 Å². The van der Waals surface area contributed by atoms with Crippen LogP contribution in [-0.2, 0) is 17.6 Å². The number of aromatic nitrogens is 2. The van der Waals surface area contributed by atoms with Crippen molar-refractivity contribution >= 4 is 5.91 Å². The third-order valence-corrected chi connectivity index (χ3v) is 5.20. The van der Waals surface area contributed by atoms with Crippen molar-refractivity contribution in [3.05, 3.63) is 45.9 Å². The summed E-state index contributed by atoms with van der Waals surface area (Å²) in [5.41, 5.74) is 3.71. The SMILES string of the molecule is Cc1cc(C)nc([C@@H]2CN(C(=O)c3c(C)oc4c3CCCC4)CCO2)n1. The maximum Gasteiger partial charge on any atom is 0.257 e. The van der Waals surface area contributed by atoms with E-state index in [4.69, 9.17) is 9.15 Å². The highest BCUT2D eigenvalue weighted by atomic mass is 16.5. The highest BCUT2D eigenvalue weighted by molar-refractivity contribution is 5.97. The van der Waals surface area contributed by atoms with Crippen LogP contribution >= 0.6 is 0 Å². The van der Waals surface area contributed by atoms with Gasteiger partial charge in [-0.2, -0.15) is 0 Å². The standard InChI is InChI=1S/C20H25N3O3/c1-12-10-13(2)22-19(21-12)17-11-23(8-9-25-17)20(24)18-14(3)26-16-7-5-4-6-15(16)18/h10,17H,4-9,11H2,1-3H3/t17-/m0/s1. The lowest BCUT2D eigenvalue weighted by molar-refractivity contribution is -0.0270. The zero-order valence-corrected chi connectivity index (χ0v) is 15.7. The van der Waals surface area contributed by atoms with Gasteiger partial charge in [-0.05, 0) is 46.1 Å². The van der Waals surface area contributed by atoms with Gasteiger partial charge < -0.3 is 14.1 Å². The summed E-state index contributed by atoms with van der Waals surface area (Å²) >= 11 is 0. The van der Waals surface area contributed by atoms with Crippen molar-refractivity contribution in [1.29, 1.82) is 0 Å². The Hall–Kier alpha value is -2.21. The zero-order valence-electron chi connectivity index (χ0n) is 15.7. The van der Waals surface area contributed by atoms with Crippen molar-refractivity contribution in [2.75, 3.05) is 19.7 Å². The molecule has 0 radical (unpaired) electrons. The number of furan rings is 1. The topological polar surface area (TPSA) is 68.5 Å². The van der Waals surface area contributed by atoms with Crippen LogP contribution in [-0.4, -0.2) is 40.5 Å². The van der Waals surface area contributed by atoms with Crippen LogP contribution in [0.2, 0.25) is 0 Å². The molecule has 0 spiro atoms. The van der Waals surface area contributed by atoms with E-state index in [9.17, 15) is 4.79 Å². The smallest absolute Gasteiger partial charge is 0.257 e. The fraction of sp³-hybridized carbons (Fsp3) is 0.550. The summed E-state index contributed by atoms with van der Waals surface area (Å²) in [6.45, 7) is 7.35. The molecule has 1 fully saturated rings. The molecule has 3 heterocycles. The molecule has 2 aromatic heterocycles. The fourth-order valence-electron chi connectivity index (χ4n) is 4.03. The van der Waals surface area contributed by atoms with Gasteiger partial charge >= 0.3 is 0 Å². The van der Waals surface area contributed by atoms with Crippen LogP contribution in [0.15, 0.2) is 10.5 Å². The van der Waals surface area contributed by atoms with Gasteiger partial charge in [-0.25, -0.2) is 9.97 Å². The Morgan fingerprint density at radius 3 is 2.65 bits per heavy atom. The second kappa shape index (κ2) is 6.83. The van der Waals surface area contributed by atoms with Gasteiger partial charge in [0.25, 0.3) is 5.91 Å². The number of hydrogen-bond acceptors (Lipinski definition) is 5. The molecular formula is C20H25N3O3. The summed E-state index contributed by atoms with van der Waals surface area (Å²) in [5, 5.41) is 0. The van der Waals surface area contributed by atoms with Crippen LogP contribution in [0.3, 0.4) is 0 Å². The molecule has 1 aliphatic heterocycles. The minimum Gasteiger partial charge on any atom is -0.465 e. The molecule has 1 saturated heterocycles. The highest BCUT2D eigenvalue weighted by Gasteiger charge is 2.32. The lowest BCUT2D eigenvalue weighted by Gasteiger charge is -2.32. The third kappa shape index (κ3) is 3.14. The Bertz CT molecular complexity index is 823. The number of aryl methyl sites for hydroxylation is 4. The van der Waals surface area contributed by atoms with E-state index < -0.39 is 0 Å². The van der Waals surface area contributed by atoms with Crippen molar-refractivity contribution in [1.82, 2.24) is 14.9 Å². The predicted octanol–water partition coefficient (Wildman–Crippen LogP) is 3.09. The number of rotatable bonds is 2. The first-order chi connectivity index (χ1) is 12.5. The predicted molar refractivity (Wildman–Crippen MR) is 96.2 cm³/mol. The van der Waals surface area contributed by atoms with Crippen molar-refractivity contribution in [2.45, 2.75) is 52.6 Å². The number of nitrogens with zero attached hydrogens (tertiary/aromatic N) is 3. The van der Waals surface area contributed by atoms with Gasteiger partial charge in [0.05, 0.1) is 18.7 Å². The molecule has 0 bridgehead atoms. The number of morpholine rings is 1. The number of hydrogen-bond donors (Lipinski definition) is 0. The van der Waals surface area contributed by atoms with Gasteiger partial charge in [-0.3, -0.25) is 4.79 Å². The molecule has 0 N–H and O–H groups in total. The second-order valence-electron chi connectivity index (χ2n) is 7.26. The van der Waals surface area contributed by atoms with Crippen LogP contribution in [0.1, 0.15) is 63.6 Å². The van der Waals surface area contributed by atoms with E-state index in [1.54, 1.807) is 0 Å². The molecule has 1 amide bonds. The molecule has 6 heteroatoms. The molecule has 4 rings (SSSR count). The minimum atomic E-state index is -0.283. The average molecular weight is 355 g/mol. The number of amides is 1. The third-order valence-electron chi connectivity index (χ3n) is 5.20. The van der Waals surface area contributed by atoms with Gasteiger partial charge in [-0.15, -0.1) is 0 Å². The average Bonchev–Trinajstić information content (AvgIpc) is 2.96. The summed E-state index contributed by atoms with van der Waals surface area (Å²) in [6, 6.07) is 1.94. The minimum absolute atomic E-state index is 0.0482. The van der Waals surface area contributed by atoms with Gasteiger partial charge in [0.1, 0.15) is 17.6 Å². The van der Waals surface area contributed by atoms with E-state index in [1.165, 1.54) is 0 Å². The Balaban J connectivity index is 1.58. The fourth-order valence-corrected chi connectivity index (χ4v) is 4.03. The number of carbonyl (C=O) groups is 1. The molecule has 2 aromatic rings. The van der Waals surface area contributed by atoms with Crippen molar-refractivity contribution in [3.8, 4) is 0 Å². The van der Waals surface area contributed by atoms with E-state index in [0.717, 1.165) is 59.7 Å². The molecule has 6 nitrogen and oxygen atoms in total. The zero-order chi connectivity index (χ0) is 18.3. The van der Waals surface area contributed by atoms with Gasteiger partial charge in [0.15, 0.2) is 5.82 Å². The first-order valence-corrected chi connectivity index (χ1v) is 9.37. The molecule has 1 atom stereocenters. The van der Waals surface area contributed by atoms with Crippen LogP contribution in [0.4, 0.5) is 0 Å². The van der Waals surface area contributed by atoms with Crippen LogP contribution in [0, 0.1) is 20.8 Å². The van der Waals surface area contributed by atoms with Crippen molar-refractivity contribution in [2.24, 2.45) is 0 Å². The maximum atomic E-state index is 13.2. The van der Waals surface area contributed by atoms with E-state index in [1.807, 2.05) is 31.7 Å². The Labute approximate surface area is 153 Å². The summed E-state index contributed by atoms with van der Waals surface area (Å²) in [5.74, 6) is 2.45. The largest absolute Gasteiger partial charge is 0.465 e. The summed E-state index contributed by atoms with van der Waals surface area (Å²) in [7, 11) is 0.